The summed E-state index contributed by atoms with van der Waals surface area (Å²) in [5, 5.41) is 5.02. The van der Waals surface area contributed by atoms with Crippen molar-refractivity contribution in [3.63, 3.8) is 0 Å². The van der Waals surface area contributed by atoms with E-state index < -0.39 is 0 Å². The maximum Gasteiger partial charge on any atom is -0.00266 e. The zero-order valence-electron chi connectivity index (χ0n) is 27.6. The maximum atomic E-state index is 2.40. The van der Waals surface area contributed by atoms with Crippen LogP contribution >= 0.6 is 0 Å². The minimum Gasteiger partial charge on any atom is -0.0622 e. The molecule has 0 heteroatoms. The van der Waals surface area contributed by atoms with Gasteiger partial charge in [-0.25, -0.2) is 0 Å². The van der Waals surface area contributed by atoms with Gasteiger partial charge in [-0.1, -0.05) is 182 Å². The average Bonchev–Trinajstić information content (AvgIpc) is 3.20. The van der Waals surface area contributed by atoms with Crippen LogP contribution in [0.25, 0.3) is 88.3 Å². The van der Waals surface area contributed by atoms with E-state index >= 15 is 0 Å². The van der Waals surface area contributed by atoms with Crippen molar-refractivity contribution in [2.75, 3.05) is 0 Å². The molecule has 234 valence electrons. The van der Waals surface area contributed by atoms with Gasteiger partial charge in [0.15, 0.2) is 0 Å². The molecule has 0 saturated heterocycles. The van der Waals surface area contributed by atoms with Crippen molar-refractivity contribution in [1.29, 1.82) is 0 Å². The molecule has 0 spiro atoms. The van der Waals surface area contributed by atoms with Crippen LogP contribution < -0.4 is 0 Å². The second kappa shape index (κ2) is 12.8. The molecule has 0 N–H and O–H groups in total. The van der Waals surface area contributed by atoms with Crippen LogP contribution in [0.3, 0.4) is 0 Å². The van der Waals surface area contributed by atoms with Crippen LogP contribution in [-0.2, 0) is 0 Å². The smallest absolute Gasteiger partial charge is 0.00266 e. The molecule has 0 aliphatic carbocycles. The van der Waals surface area contributed by atoms with E-state index in [4.69, 9.17) is 0 Å². The van der Waals surface area contributed by atoms with Crippen LogP contribution in [0.4, 0.5) is 0 Å². The number of benzene rings is 9. The predicted molar refractivity (Wildman–Crippen MR) is 214 cm³/mol. The summed E-state index contributed by atoms with van der Waals surface area (Å²) < 4.78 is 0. The van der Waals surface area contributed by atoms with Crippen molar-refractivity contribution >= 4 is 21.5 Å². The molecule has 9 aromatic carbocycles. The minimum absolute atomic E-state index is 1.20. The zero-order chi connectivity index (χ0) is 33.3. The SMILES string of the molecule is c1ccc(-c2cccc(-c3ccc(-c4cccc(-c5ccccc5)c4)c(-c4cccc5c(-c6ccccc6)c6ccccc6cc45)c3)c2)cc1. The minimum atomic E-state index is 1.20. The second-order valence-corrected chi connectivity index (χ2v) is 12.9. The largest absolute Gasteiger partial charge is 0.0622 e. The lowest BCUT2D eigenvalue weighted by molar-refractivity contribution is 1.56. The van der Waals surface area contributed by atoms with Crippen molar-refractivity contribution in [2.24, 2.45) is 0 Å². The lowest BCUT2D eigenvalue weighted by Gasteiger charge is -2.18. The Bertz CT molecular complexity index is 2620. The van der Waals surface area contributed by atoms with Gasteiger partial charge in [0.1, 0.15) is 0 Å². The van der Waals surface area contributed by atoms with Gasteiger partial charge in [0, 0.05) is 0 Å². The van der Waals surface area contributed by atoms with Gasteiger partial charge < -0.3 is 0 Å². The summed E-state index contributed by atoms with van der Waals surface area (Å²) in [4.78, 5) is 0. The number of fused-ring (bicyclic) bond motifs is 2. The van der Waals surface area contributed by atoms with Crippen molar-refractivity contribution in [1.82, 2.24) is 0 Å². The fraction of sp³-hybridized carbons (Fsp3) is 0. The first-order valence-electron chi connectivity index (χ1n) is 17.3. The average molecular weight is 635 g/mol. The Kier molecular flexibility index (Phi) is 7.61. The Morgan fingerprint density at radius 1 is 0.200 bits per heavy atom. The van der Waals surface area contributed by atoms with E-state index in [9.17, 15) is 0 Å². The molecule has 50 heavy (non-hydrogen) atoms. The standard InChI is InChI=1S/C50H34/c1-4-15-35(16-5-1)38-22-12-24-40(31-38)41-29-30-44(42-25-13-23-39(32-42)36-17-6-2-7-18-36)48(33-41)46-27-14-28-47-49(46)34-43-21-10-11-26-45(43)50(47)37-19-8-3-9-20-37/h1-34H. The summed E-state index contributed by atoms with van der Waals surface area (Å²) in [5.74, 6) is 0. The fourth-order valence-corrected chi connectivity index (χ4v) is 7.44. The molecule has 9 aromatic rings. The van der Waals surface area contributed by atoms with Crippen LogP contribution in [0, 0.1) is 0 Å². The van der Waals surface area contributed by atoms with Crippen LogP contribution in [0.2, 0.25) is 0 Å². The number of hydrogen-bond acceptors (Lipinski definition) is 0. The first kappa shape index (κ1) is 29.6. The molecule has 0 fully saturated rings. The number of rotatable bonds is 6. The highest BCUT2D eigenvalue weighted by molar-refractivity contribution is 6.17. The van der Waals surface area contributed by atoms with E-state index in [1.807, 2.05) is 0 Å². The Morgan fingerprint density at radius 2 is 0.680 bits per heavy atom. The van der Waals surface area contributed by atoms with Crippen molar-refractivity contribution in [2.45, 2.75) is 0 Å². The number of hydrogen-bond donors (Lipinski definition) is 0. The first-order valence-corrected chi connectivity index (χ1v) is 17.3. The Hall–Kier alpha value is -6.50. The predicted octanol–water partition coefficient (Wildman–Crippen LogP) is 14.0. The molecule has 0 nitrogen and oxygen atoms in total. The summed E-state index contributed by atoms with van der Waals surface area (Å²) >= 11 is 0. The third-order valence-corrected chi connectivity index (χ3v) is 9.86. The van der Waals surface area contributed by atoms with E-state index in [1.54, 1.807) is 0 Å². The van der Waals surface area contributed by atoms with E-state index in [0.717, 1.165) is 0 Å². The molecular weight excluding hydrogens is 601 g/mol. The zero-order valence-corrected chi connectivity index (χ0v) is 27.6. The van der Waals surface area contributed by atoms with Crippen molar-refractivity contribution in [3.05, 3.63) is 206 Å². The van der Waals surface area contributed by atoms with Crippen LogP contribution in [0.15, 0.2) is 206 Å². The van der Waals surface area contributed by atoms with Gasteiger partial charge in [0.2, 0.25) is 0 Å². The van der Waals surface area contributed by atoms with Gasteiger partial charge in [-0.3, -0.25) is 0 Å². The second-order valence-electron chi connectivity index (χ2n) is 12.9. The molecule has 0 aromatic heterocycles. The highest BCUT2D eigenvalue weighted by atomic mass is 14.2. The molecule has 0 amide bonds. The molecule has 0 bridgehead atoms. The molecule has 0 unspecified atom stereocenters. The Morgan fingerprint density at radius 3 is 1.36 bits per heavy atom. The van der Waals surface area contributed by atoms with Crippen molar-refractivity contribution < 1.29 is 0 Å². The van der Waals surface area contributed by atoms with E-state index in [-0.39, 0.29) is 0 Å². The third kappa shape index (κ3) is 5.48. The Labute approximate surface area is 293 Å². The monoisotopic (exact) mass is 634 g/mol. The van der Waals surface area contributed by atoms with E-state index in [1.165, 1.54) is 88.3 Å². The highest BCUT2D eigenvalue weighted by Gasteiger charge is 2.17. The normalized spacial score (nSPS) is 11.2. The van der Waals surface area contributed by atoms with Gasteiger partial charge in [-0.15, -0.1) is 0 Å². The first-order chi connectivity index (χ1) is 24.8. The van der Waals surface area contributed by atoms with Crippen molar-refractivity contribution in [3.8, 4) is 66.8 Å². The van der Waals surface area contributed by atoms with Gasteiger partial charge in [0.05, 0.1) is 0 Å². The summed E-state index contributed by atoms with van der Waals surface area (Å²) in [7, 11) is 0. The lowest BCUT2D eigenvalue weighted by atomic mass is 9.85. The van der Waals surface area contributed by atoms with Gasteiger partial charge in [-0.2, -0.15) is 0 Å². The molecule has 0 saturated carbocycles. The van der Waals surface area contributed by atoms with E-state index in [0.29, 0.717) is 0 Å². The highest BCUT2D eigenvalue weighted by Crippen LogP contribution is 2.44. The fourth-order valence-electron chi connectivity index (χ4n) is 7.44. The summed E-state index contributed by atoms with van der Waals surface area (Å²) in [5.41, 5.74) is 14.6. The maximum absolute atomic E-state index is 2.40. The van der Waals surface area contributed by atoms with Gasteiger partial charge >= 0.3 is 0 Å². The molecule has 0 aliphatic rings. The lowest BCUT2D eigenvalue weighted by Crippen LogP contribution is -1.92. The van der Waals surface area contributed by atoms with Crippen LogP contribution in [0.5, 0.6) is 0 Å². The topological polar surface area (TPSA) is 0 Å². The molecular formula is C50H34. The van der Waals surface area contributed by atoms with Crippen LogP contribution in [-0.4, -0.2) is 0 Å². The Balaban J connectivity index is 1.31. The van der Waals surface area contributed by atoms with E-state index in [2.05, 4.69) is 206 Å². The molecule has 0 atom stereocenters. The third-order valence-electron chi connectivity index (χ3n) is 9.86. The van der Waals surface area contributed by atoms with Crippen LogP contribution in [0.1, 0.15) is 0 Å². The molecule has 0 aliphatic heterocycles. The summed E-state index contributed by atoms with van der Waals surface area (Å²) in [6, 6.07) is 75.0. The summed E-state index contributed by atoms with van der Waals surface area (Å²) in [6.45, 7) is 0. The van der Waals surface area contributed by atoms with Gasteiger partial charge in [-0.05, 0) is 113 Å². The molecule has 0 radical (unpaired) electrons. The quantitative estimate of drug-likeness (QED) is 0.160. The van der Waals surface area contributed by atoms with Gasteiger partial charge in [0.25, 0.3) is 0 Å². The summed E-state index contributed by atoms with van der Waals surface area (Å²) in [6.07, 6.45) is 0. The molecule has 0 heterocycles. The molecule has 9 rings (SSSR count).